The van der Waals surface area contributed by atoms with Gasteiger partial charge in [0.05, 0.1) is 6.04 Å². The van der Waals surface area contributed by atoms with Gasteiger partial charge in [0.25, 0.3) is 5.91 Å². The van der Waals surface area contributed by atoms with E-state index < -0.39 is 29.7 Å². The summed E-state index contributed by atoms with van der Waals surface area (Å²) in [5, 5.41) is 9.10. The number of carbonyl (C=O) groups excluding carboxylic acids is 4. The fourth-order valence-corrected chi connectivity index (χ4v) is 4.81. The number of fused-ring (bicyclic) bond motifs is 1. The normalized spacial score (nSPS) is 18.3. The molecule has 0 aliphatic carbocycles. The van der Waals surface area contributed by atoms with E-state index in [9.17, 15) is 19.2 Å². The van der Waals surface area contributed by atoms with E-state index >= 15 is 0 Å². The van der Waals surface area contributed by atoms with Crippen molar-refractivity contribution in [2.45, 2.75) is 64.4 Å². The Bertz CT molecular complexity index is 1230. The number of ether oxygens (including phenoxy) is 1. The molecule has 0 spiro atoms. The maximum absolute atomic E-state index is 12.9. The summed E-state index contributed by atoms with van der Waals surface area (Å²) < 4.78 is 5.42. The molecule has 0 bridgehead atoms. The predicted octanol–water partition coefficient (Wildman–Crippen LogP) is 3.46. The lowest BCUT2D eigenvalue weighted by atomic mass is 10.0. The smallest absolute Gasteiger partial charge is 0.408 e. The monoisotopic (exact) mass is 526 g/mol. The number of benzene rings is 2. The highest BCUT2D eigenvalue weighted by atomic mass is 35.5. The second-order valence-corrected chi connectivity index (χ2v) is 10.6. The number of imide groups is 1. The fourth-order valence-electron chi connectivity index (χ4n) is 4.54. The van der Waals surface area contributed by atoms with E-state index in [4.69, 9.17) is 16.3 Å². The van der Waals surface area contributed by atoms with Crippen molar-refractivity contribution in [2.24, 2.45) is 0 Å². The number of halogens is 1. The summed E-state index contributed by atoms with van der Waals surface area (Å²) in [5.41, 5.74) is 2.48. The molecule has 1 saturated heterocycles. The minimum Gasteiger partial charge on any atom is -0.444 e. The molecule has 2 aliphatic rings. The molecular formula is C27H31ClN4O5. The lowest BCUT2D eigenvalue weighted by molar-refractivity contribution is -0.136. The third kappa shape index (κ3) is 6.47. The number of nitrogens with one attached hydrogen (secondary N) is 3. The second kappa shape index (κ2) is 10.9. The molecule has 2 aromatic rings. The minimum absolute atomic E-state index is 0.204. The summed E-state index contributed by atoms with van der Waals surface area (Å²) >= 11 is 6.40. The molecule has 2 heterocycles. The van der Waals surface area contributed by atoms with E-state index in [-0.39, 0.29) is 18.2 Å². The Morgan fingerprint density at radius 3 is 2.65 bits per heavy atom. The zero-order valence-electron chi connectivity index (χ0n) is 21.1. The molecule has 2 unspecified atom stereocenters. The maximum Gasteiger partial charge on any atom is 0.408 e. The molecule has 0 radical (unpaired) electrons. The molecule has 2 aromatic carbocycles. The van der Waals surface area contributed by atoms with Gasteiger partial charge in [0.2, 0.25) is 11.8 Å². The molecule has 0 aromatic heterocycles. The van der Waals surface area contributed by atoms with Crippen LogP contribution in [0.1, 0.15) is 66.7 Å². The van der Waals surface area contributed by atoms with Crippen molar-refractivity contribution >= 4 is 35.4 Å². The SMILES string of the molecule is CC(C)(C)OC(=O)NC(CNCc1ccc2c(c1)CN(C1CCC(=O)NC1=O)C2=O)c1ccccc1Cl. The van der Waals surface area contributed by atoms with Crippen molar-refractivity contribution in [3.05, 3.63) is 69.7 Å². The largest absolute Gasteiger partial charge is 0.444 e. The summed E-state index contributed by atoms with van der Waals surface area (Å²) in [6.45, 7) is 6.59. The van der Waals surface area contributed by atoms with Gasteiger partial charge < -0.3 is 20.3 Å². The topological polar surface area (TPSA) is 117 Å². The van der Waals surface area contributed by atoms with Crippen LogP contribution in [0.5, 0.6) is 0 Å². The highest BCUT2D eigenvalue weighted by Gasteiger charge is 2.39. The summed E-state index contributed by atoms with van der Waals surface area (Å²) in [6.07, 6.45) is 0.00602. The number of hydrogen-bond acceptors (Lipinski definition) is 6. The van der Waals surface area contributed by atoms with E-state index in [0.29, 0.717) is 36.6 Å². The number of hydrogen-bond donors (Lipinski definition) is 3. The number of nitrogens with zero attached hydrogens (tertiary/aromatic N) is 1. The molecule has 4 rings (SSSR count). The Hall–Kier alpha value is -3.43. The third-order valence-corrected chi connectivity index (χ3v) is 6.58. The van der Waals surface area contributed by atoms with E-state index in [1.165, 1.54) is 4.90 Å². The fraction of sp³-hybridized carbons (Fsp3) is 0.407. The van der Waals surface area contributed by atoms with Crippen molar-refractivity contribution in [1.29, 1.82) is 0 Å². The van der Waals surface area contributed by atoms with Crippen molar-refractivity contribution in [1.82, 2.24) is 20.9 Å². The molecule has 10 heteroatoms. The first-order valence-electron chi connectivity index (χ1n) is 12.2. The molecule has 196 valence electrons. The van der Waals surface area contributed by atoms with Gasteiger partial charge in [-0.15, -0.1) is 0 Å². The minimum atomic E-state index is -0.644. The highest BCUT2D eigenvalue weighted by Crippen LogP contribution is 2.28. The van der Waals surface area contributed by atoms with Crippen LogP contribution in [-0.4, -0.2) is 46.9 Å². The first kappa shape index (κ1) is 26.6. The number of piperidine rings is 1. The number of rotatable bonds is 7. The molecule has 0 saturated carbocycles. The predicted molar refractivity (Wildman–Crippen MR) is 138 cm³/mol. The highest BCUT2D eigenvalue weighted by molar-refractivity contribution is 6.31. The quantitative estimate of drug-likeness (QED) is 0.476. The van der Waals surface area contributed by atoms with Crippen molar-refractivity contribution in [2.75, 3.05) is 6.54 Å². The molecule has 3 N–H and O–H groups in total. The Kier molecular flexibility index (Phi) is 7.85. The van der Waals surface area contributed by atoms with Gasteiger partial charge >= 0.3 is 6.09 Å². The molecule has 1 fully saturated rings. The number of carbonyl (C=O) groups is 4. The first-order valence-corrected chi connectivity index (χ1v) is 12.6. The summed E-state index contributed by atoms with van der Waals surface area (Å²) in [4.78, 5) is 50.6. The molecular weight excluding hydrogens is 496 g/mol. The number of alkyl carbamates (subject to hydrolysis) is 1. The van der Waals surface area contributed by atoms with E-state index in [2.05, 4.69) is 16.0 Å². The van der Waals surface area contributed by atoms with Gasteiger partial charge in [0.15, 0.2) is 0 Å². The number of amides is 4. The van der Waals surface area contributed by atoms with E-state index in [1.54, 1.807) is 32.9 Å². The van der Waals surface area contributed by atoms with Crippen molar-refractivity contribution < 1.29 is 23.9 Å². The lowest BCUT2D eigenvalue weighted by Gasteiger charge is -2.29. The molecule has 37 heavy (non-hydrogen) atoms. The molecule has 9 nitrogen and oxygen atoms in total. The van der Waals surface area contributed by atoms with Gasteiger partial charge in [0.1, 0.15) is 11.6 Å². The average Bonchev–Trinajstić information content (AvgIpc) is 3.13. The van der Waals surface area contributed by atoms with Crippen molar-refractivity contribution in [3.8, 4) is 0 Å². The second-order valence-electron chi connectivity index (χ2n) is 10.2. The van der Waals surface area contributed by atoms with Gasteiger partial charge in [-0.05, 0) is 56.0 Å². The van der Waals surface area contributed by atoms with Crippen LogP contribution in [0, 0.1) is 0 Å². The van der Waals surface area contributed by atoms with Crippen LogP contribution in [-0.2, 0) is 27.4 Å². The van der Waals surface area contributed by atoms with Crippen LogP contribution in [0.4, 0.5) is 4.79 Å². The van der Waals surface area contributed by atoms with Crippen LogP contribution in [0.15, 0.2) is 42.5 Å². The van der Waals surface area contributed by atoms with Crippen LogP contribution in [0.3, 0.4) is 0 Å². The zero-order chi connectivity index (χ0) is 26.7. The third-order valence-electron chi connectivity index (χ3n) is 6.24. The Balaban J connectivity index is 1.41. The summed E-state index contributed by atoms with van der Waals surface area (Å²) in [6, 6.07) is 11.8. The Morgan fingerprint density at radius 1 is 1.19 bits per heavy atom. The molecule has 4 amide bonds. The summed E-state index contributed by atoms with van der Waals surface area (Å²) in [7, 11) is 0. The van der Waals surface area contributed by atoms with Gasteiger partial charge in [-0.2, -0.15) is 0 Å². The van der Waals surface area contributed by atoms with Crippen LogP contribution in [0.25, 0.3) is 0 Å². The van der Waals surface area contributed by atoms with Crippen molar-refractivity contribution in [3.63, 3.8) is 0 Å². The van der Waals surface area contributed by atoms with Gasteiger partial charge in [-0.25, -0.2) is 4.79 Å². The van der Waals surface area contributed by atoms with E-state index in [1.807, 2.05) is 30.3 Å². The van der Waals surface area contributed by atoms with Gasteiger partial charge in [-0.1, -0.05) is 41.9 Å². The zero-order valence-corrected chi connectivity index (χ0v) is 21.9. The lowest BCUT2D eigenvalue weighted by Crippen LogP contribution is -2.52. The van der Waals surface area contributed by atoms with Gasteiger partial charge in [0, 0.05) is 36.6 Å². The van der Waals surface area contributed by atoms with Crippen LogP contribution < -0.4 is 16.0 Å². The summed E-state index contributed by atoms with van der Waals surface area (Å²) in [5.74, 6) is -0.943. The average molecular weight is 527 g/mol. The Labute approximate surface area is 220 Å². The first-order chi connectivity index (χ1) is 17.5. The Morgan fingerprint density at radius 2 is 1.95 bits per heavy atom. The maximum atomic E-state index is 12.9. The van der Waals surface area contributed by atoms with Crippen LogP contribution >= 0.6 is 11.6 Å². The standard InChI is InChI=1S/C27H31ClN4O5/c1-27(2,3)37-26(36)30-21(19-6-4-5-7-20(19)28)14-29-13-16-8-9-18-17(12-16)15-32(25(18)35)22-10-11-23(33)31-24(22)34/h4-9,12,21-22,29H,10-11,13-15H2,1-3H3,(H,30,36)(H,31,33,34). The molecule has 2 atom stereocenters. The van der Waals surface area contributed by atoms with E-state index in [0.717, 1.165) is 16.7 Å². The molecule has 2 aliphatic heterocycles. The van der Waals surface area contributed by atoms with Gasteiger partial charge in [-0.3, -0.25) is 19.7 Å². The van der Waals surface area contributed by atoms with Crippen LogP contribution in [0.2, 0.25) is 5.02 Å².